The highest BCUT2D eigenvalue weighted by Gasteiger charge is 2.36. The first-order valence-electron chi connectivity index (χ1n) is 7.77. The first-order chi connectivity index (χ1) is 9.60. The Bertz CT molecular complexity index is 472. The fourth-order valence-corrected chi connectivity index (χ4v) is 2.74. The predicted octanol–water partition coefficient (Wildman–Crippen LogP) is 3.88. The fourth-order valence-electron chi connectivity index (χ4n) is 2.74. The van der Waals surface area contributed by atoms with Crippen molar-refractivity contribution in [3.63, 3.8) is 0 Å². The van der Waals surface area contributed by atoms with Crippen molar-refractivity contribution in [2.45, 2.75) is 58.4 Å². The van der Waals surface area contributed by atoms with Crippen LogP contribution in [0.15, 0.2) is 18.2 Å². The van der Waals surface area contributed by atoms with Crippen LogP contribution in [-0.4, -0.2) is 18.0 Å². The number of carbonyl (C=O) groups excluding carboxylic acids is 1. The highest BCUT2D eigenvalue weighted by molar-refractivity contribution is 6.00. The first-order valence-corrected chi connectivity index (χ1v) is 7.77. The molecule has 1 saturated carbocycles. The van der Waals surface area contributed by atoms with E-state index >= 15 is 0 Å². The molecule has 0 aliphatic heterocycles. The quantitative estimate of drug-likeness (QED) is 0.826. The smallest absolute Gasteiger partial charge is 0.253 e. The van der Waals surface area contributed by atoms with Crippen LogP contribution in [0, 0.1) is 6.92 Å². The summed E-state index contributed by atoms with van der Waals surface area (Å²) < 4.78 is 0. The molecule has 1 aliphatic carbocycles. The molecule has 0 radical (unpaired) electrons. The summed E-state index contributed by atoms with van der Waals surface area (Å²) in [4.78, 5) is 12.6. The Labute approximate surface area is 122 Å². The average molecular weight is 274 g/mol. The second-order valence-corrected chi connectivity index (χ2v) is 5.92. The van der Waals surface area contributed by atoms with E-state index in [2.05, 4.69) is 37.5 Å². The zero-order chi connectivity index (χ0) is 14.6. The van der Waals surface area contributed by atoms with Gasteiger partial charge in [-0.15, -0.1) is 0 Å². The van der Waals surface area contributed by atoms with Gasteiger partial charge in [0.2, 0.25) is 0 Å². The number of aryl methyl sites for hydroxylation is 1. The highest BCUT2D eigenvalue weighted by atomic mass is 16.1. The minimum absolute atomic E-state index is 0.0456. The van der Waals surface area contributed by atoms with Crippen molar-refractivity contribution in [3.8, 4) is 0 Å². The standard InChI is InChI=1S/C17H26N2O/c1-4-11-18-15-12-13(3)7-8-14(15)16(20)19-17(5-2)9-6-10-17/h7-8,12,18H,4-6,9-11H2,1-3H3,(H,19,20). The average Bonchev–Trinajstić information content (AvgIpc) is 2.40. The SMILES string of the molecule is CCCNc1cc(C)ccc1C(=O)NC1(CC)CCC1. The lowest BCUT2D eigenvalue weighted by Crippen LogP contribution is -2.53. The van der Waals surface area contributed by atoms with Crippen LogP contribution in [0.1, 0.15) is 61.9 Å². The van der Waals surface area contributed by atoms with Crippen LogP contribution in [0.5, 0.6) is 0 Å². The number of benzene rings is 1. The van der Waals surface area contributed by atoms with Crippen molar-refractivity contribution >= 4 is 11.6 Å². The lowest BCUT2D eigenvalue weighted by Gasteiger charge is -2.42. The van der Waals surface area contributed by atoms with Gasteiger partial charge in [-0.25, -0.2) is 0 Å². The van der Waals surface area contributed by atoms with Crippen LogP contribution in [0.25, 0.3) is 0 Å². The largest absolute Gasteiger partial charge is 0.384 e. The Morgan fingerprint density at radius 3 is 2.60 bits per heavy atom. The van der Waals surface area contributed by atoms with Crippen LogP contribution in [0.3, 0.4) is 0 Å². The van der Waals surface area contributed by atoms with Gasteiger partial charge in [0.05, 0.1) is 5.56 Å². The van der Waals surface area contributed by atoms with E-state index in [0.717, 1.165) is 43.5 Å². The summed E-state index contributed by atoms with van der Waals surface area (Å²) in [5.41, 5.74) is 2.94. The summed E-state index contributed by atoms with van der Waals surface area (Å²) in [5.74, 6) is 0.0603. The molecule has 0 saturated heterocycles. The molecule has 0 spiro atoms. The number of rotatable bonds is 6. The van der Waals surface area contributed by atoms with Gasteiger partial charge in [-0.05, 0) is 56.7 Å². The molecule has 1 aromatic carbocycles. The Morgan fingerprint density at radius 2 is 2.05 bits per heavy atom. The molecule has 0 bridgehead atoms. The molecule has 3 nitrogen and oxygen atoms in total. The van der Waals surface area contributed by atoms with Crippen LogP contribution < -0.4 is 10.6 Å². The number of carbonyl (C=O) groups is 1. The van der Waals surface area contributed by atoms with E-state index in [0.29, 0.717) is 0 Å². The van der Waals surface area contributed by atoms with E-state index in [1.807, 2.05) is 12.1 Å². The lowest BCUT2D eigenvalue weighted by atomic mass is 9.74. The molecule has 1 fully saturated rings. The number of nitrogens with one attached hydrogen (secondary N) is 2. The van der Waals surface area contributed by atoms with E-state index in [4.69, 9.17) is 0 Å². The van der Waals surface area contributed by atoms with Crippen LogP contribution in [0.2, 0.25) is 0 Å². The molecule has 1 aliphatic rings. The third-order valence-corrected chi connectivity index (χ3v) is 4.35. The molecule has 20 heavy (non-hydrogen) atoms. The second-order valence-electron chi connectivity index (χ2n) is 5.92. The van der Waals surface area contributed by atoms with Crippen LogP contribution >= 0.6 is 0 Å². The zero-order valence-electron chi connectivity index (χ0n) is 12.9. The maximum Gasteiger partial charge on any atom is 0.253 e. The summed E-state index contributed by atoms with van der Waals surface area (Å²) in [6, 6.07) is 6.00. The molecule has 0 atom stereocenters. The van der Waals surface area contributed by atoms with Crippen molar-refractivity contribution in [2.75, 3.05) is 11.9 Å². The van der Waals surface area contributed by atoms with Gasteiger partial charge in [0.1, 0.15) is 0 Å². The van der Waals surface area contributed by atoms with Crippen LogP contribution in [0.4, 0.5) is 5.69 Å². The van der Waals surface area contributed by atoms with Gasteiger partial charge in [-0.3, -0.25) is 4.79 Å². The lowest BCUT2D eigenvalue weighted by molar-refractivity contribution is 0.0821. The maximum atomic E-state index is 12.6. The zero-order valence-corrected chi connectivity index (χ0v) is 12.9. The van der Waals surface area contributed by atoms with E-state index in [1.165, 1.54) is 12.0 Å². The molecule has 110 valence electrons. The van der Waals surface area contributed by atoms with E-state index in [-0.39, 0.29) is 11.4 Å². The van der Waals surface area contributed by atoms with Crippen LogP contribution in [-0.2, 0) is 0 Å². The number of hydrogen-bond donors (Lipinski definition) is 2. The van der Waals surface area contributed by atoms with Gasteiger partial charge in [-0.2, -0.15) is 0 Å². The second kappa shape index (κ2) is 6.29. The van der Waals surface area contributed by atoms with Crippen molar-refractivity contribution in [2.24, 2.45) is 0 Å². The summed E-state index contributed by atoms with van der Waals surface area (Å²) >= 11 is 0. The normalized spacial score (nSPS) is 16.4. The summed E-state index contributed by atoms with van der Waals surface area (Å²) in [5, 5.41) is 6.62. The van der Waals surface area contributed by atoms with E-state index in [1.54, 1.807) is 0 Å². The van der Waals surface area contributed by atoms with E-state index in [9.17, 15) is 4.79 Å². The Kier molecular flexibility index (Phi) is 4.69. The molecule has 0 heterocycles. The molecule has 1 amide bonds. The molecule has 0 aromatic heterocycles. The minimum atomic E-state index is 0.0456. The molecular weight excluding hydrogens is 248 g/mol. The van der Waals surface area contributed by atoms with Gasteiger partial charge in [0.15, 0.2) is 0 Å². The fraction of sp³-hybridized carbons (Fsp3) is 0.588. The first kappa shape index (κ1) is 14.9. The maximum absolute atomic E-state index is 12.6. The third kappa shape index (κ3) is 3.14. The van der Waals surface area contributed by atoms with Gasteiger partial charge in [-0.1, -0.05) is 19.9 Å². The topological polar surface area (TPSA) is 41.1 Å². The Hall–Kier alpha value is -1.51. The summed E-state index contributed by atoms with van der Waals surface area (Å²) in [6.07, 6.45) is 5.51. The summed E-state index contributed by atoms with van der Waals surface area (Å²) in [6.45, 7) is 7.23. The Morgan fingerprint density at radius 1 is 1.30 bits per heavy atom. The number of hydrogen-bond acceptors (Lipinski definition) is 2. The van der Waals surface area contributed by atoms with Gasteiger partial charge < -0.3 is 10.6 Å². The number of amides is 1. The molecule has 2 rings (SSSR count). The van der Waals surface area contributed by atoms with Gasteiger partial charge in [0.25, 0.3) is 5.91 Å². The molecule has 0 unspecified atom stereocenters. The van der Waals surface area contributed by atoms with Crippen molar-refractivity contribution < 1.29 is 4.79 Å². The molecule has 1 aromatic rings. The molecule has 3 heteroatoms. The van der Waals surface area contributed by atoms with Crippen molar-refractivity contribution in [1.82, 2.24) is 5.32 Å². The Balaban J connectivity index is 2.16. The van der Waals surface area contributed by atoms with Gasteiger partial charge in [0, 0.05) is 17.8 Å². The monoisotopic (exact) mass is 274 g/mol. The predicted molar refractivity (Wildman–Crippen MR) is 84.3 cm³/mol. The van der Waals surface area contributed by atoms with Gasteiger partial charge >= 0.3 is 0 Å². The molecule has 2 N–H and O–H groups in total. The highest BCUT2D eigenvalue weighted by Crippen LogP contribution is 2.35. The summed E-state index contributed by atoms with van der Waals surface area (Å²) in [7, 11) is 0. The van der Waals surface area contributed by atoms with Crippen molar-refractivity contribution in [3.05, 3.63) is 29.3 Å². The number of anilines is 1. The third-order valence-electron chi connectivity index (χ3n) is 4.35. The van der Waals surface area contributed by atoms with Crippen molar-refractivity contribution in [1.29, 1.82) is 0 Å². The minimum Gasteiger partial charge on any atom is -0.384 e. The molecular formula is C17H26N2O. The van der Waals surface area contributed by atoms with E-state index < -0.39 is 0 Å².